The number of rotatable bonds is 6. The van der Waals surface area contributed by atoms with E-state index >= 15 is 0 Å². The van der Waals surface area contributed by atoms with Crippen molar-refractivity contribution in [3.63, 3.8) is 0 Å². The molecule has 1 saturated heterocycles. The van der Waals surface area contributed by atoms with Gasteiger partial charge in [0.2, 0.25) is 5.91 Å². The van der Waals surface area contributed by atoms with Crippen LogP contribution in [0.4, 0.5) is 0 Å². The number of ether oxygens (including phenoxy) is 2. The van der Waals surface area contributed by atoms with Crippen molar-refractivity contribution in [1.82, 2.24) is 15.1 Å². The average Bonchev–Trinajstić information content (AvgIpc) is 2.79. The van der Waals surface area contributed by atoms with Crippen molar-refractivity contribution < 1.29 is 14.3 Å². The summed E-state index contributed by atoms with van der Waals surface area (Å²) in [5.74, 6) is 1.37. The maximum atomic E-state index is 12.7. The highest BCUT2D eigenvalue weighted by molar-refractivity contribution is 5.92. The Balaban J connectivity index is 1.41. The van der Waals surface area contributed by atoms with Crippen LogP contribution in [0, 0.1) is 0 Å². The molecule has 1 amide bonds. The summed E-state index contributed by atoms with van der Waals surface area (Å²) in [7, 11) is 2.15. The van der Waals surface area contributed by atoms with Crippen LogP contribution in [-0.4, -0.2) is 68.7 Å². The zero-order valence-corrected chi connectivity index (χ0v) is 17.4. The first-order valence-corrected chi connectivity index (χ1v) is 10.5. The zero-order valence-electron chi connectivity index (χ0n) is 17.4. The molecule has 30 heavy (non-hydrogen) atoms. The van der Waals surface area contributed by atoms with Gasteiger partial charge in [0.05, 0.1) is 6.04 Å². The van der Waals surface area contributed by atoms with E-state index in [0.29, 0.717) is 13.2 Å². The second-order valence-corrected chi connectivity index (χ2v) is 7.81. The number of hydrogen-bond acceptors (Lipinski definition) is 5. The number of nitrogens with zero attached hydrogens (tertiary/aromatic N) is 2. The van der Waals surface area contributed by atoms with Crippen molar-refractivity contribution in [2.75, 3.05) is 53.0 Å². The fraction of sp³-hybridized carbons (Fsp3) is 0.375. The highest BCUT2D eigenvalue weighted by Crippen LogP contribution is 2.31. The van der Waals surface area contributed by atoms with Crippen LogP contribution in [0.15, 0.2) is 54.6 Å². The molecule has 2 heterocycles. The highest BCUT2D eigenvalue weighted by Gasteiger charge is 2.20. The molecule has 0 radical (unpaired) electrons. The van der Waals surface area contributed by atoms with Crippen LogP contribution >= 0.6 is 0 Å². The minimum Gasteiger partial charge on any atom is -0.486 e. The van der Waals surface area contributed by atoms with Gasteiger partial charge in [-0.25, -0.2) is 0 Å². The van der Waals surface area contributed by atoms with Crippen molar-refractivity contribution in [3.8, 4) is 11.5 Å². The number of carbonyl (C=O) groups is 1. The molecule has 0 aliphatic carbocycles. The van der Waals surface area contributed by atoms with E-state index in [9.17, 15) is 4.79 Å². The number of amides is 1. The largest absolute Gasteiger partial charge is 0.486 e. The number of nitrogens with one attached hydrogen (secondary N) is 1. The van der Waals surface area contributed by atoms with Gasteiger partial charge in [-0.3, -0.25) is 9.69 Å². The first-order valence-electron chi connectivity index (χ1n) is 10.5. The van der Waals surface area contributed by atoms with Crippen LogP contribution in [0.5, 0.6) is 11.5 Å². The Bertz CT molecular complexity index is 877. The standard InChI is InChI=1S/C24H29N3O3/c1-26-11-13-27(14-12-26)18-21(20-5-3-2-4-6-20)25-24(28)10-8-19-7-9-22-23(17-19)30-16-15-29-22/h2-10,17,21H,11-16,18H2,1H3,(H,25,28)/b10-8+. The van der Waals surface area contributed by atoms with E-state index in [0.717, 1.165) is 55.3 Å². The van der Waals surface area contributed by atoms with Crippen LogP contribution in [0.3, 0.4) is 0 Å². The van der Waals surface area contributed by atoms with Gasteiger partial charge < -0.3 is 19.7 Å². The lowest BCUT2D eigenvalue weighted by Gasteiger charge is -2.34. The van der Waals surface area contributed by atoms with Gasteiger partial charge in [0.15, 0.2) is 11.5 Å². The Labute approximate surface area is 178 Å². The lowest BCUT2D eigenvalue weighted by Crippen LogP contribution is -2.47. The highest BCUT2D eigenvalue weighted by atomic mass is 16.6. The second-order valence-electron chi connectivity index (χ2n) is 7.81. The zero-order chi connectivity index (χ0) is 20.8. The lowest BCUT2D eigenvalue weighted by molar-refractivity contribution is -0.117. The third-order valence-electron chi connectivity index (χ3n) is 5.55. The van der Waals surface area contributed by atoms with E-state index < -0.39 is 0 Å². The summed E-state index contributed by atoms with van der Waals surface area (Å²) in [5.41, 5.74) is 2.03. The van der Waals surface area contributed by atoms with E-state index in [1.54, 1.807) is 6.08 Å². The summed E-state index contributed by atoms with van der Waals surface area (Å²) >= 11 is 0. The Morgan fingerprint density at radius 3 is 2.53 bits per heavy atom. The molecule has 2 aliphatic rings. The predicted molar refractivity (Wildman–Crippen MR) is 118 cm³/mol. The molecule has 1 fully saturated rings. The molecule has 0 bridgehead atoms. The number of fused-ring (bicyclic) bond motifs is 1. The fourth-order valence-electron chi connectivity index (χ4n) is 3.76. The Hall–Kier alpha value is -2.83. The molecule has 158 valence electrons. The molecule has 4 rings (SSSR count). The Morgan fingerprint density at radius 2 is 1.77 bits per heavy atom. The molecule has 6 heteroatoms. The number of likely N-dealkylation sites (N-methyl/N-ethyl adjacent to an activating group) is 1. The predicted octanol–water partition coefficient (Wildman–Crippen LogP) is 2.58. The van der Waals surface area contributed by atoms with Crippen molar-refractivity contribution in [2.24, 2.45) is 0 Å². The summed E-state index contributed by atoms with van der Waals surface area (Å²) in [6, 6.07) is 15.8. The summed E-state index contributed by atoms with van der Waals surface area (Å²) in [4.78, 5) is 17.5. The van der Waals surface area contributed by atoms with Gasteiger partial charge in [0.25, 0.3) is 0 Å². The SMILES string of the molecule is CN1CCN(CC(NC(=O)/C=C/c2ccc3c(c2)OCCO3)c2ccccc2)CC1. The van der Waals surface area contributed by atoms with Gasteiger partial charge in [-0.2, -0.15) is 0 Å². The van der Waals surface area contributed by atoms with E-state index in [2.05, 4.69) is 34.3 Å². The number of carbonyl (C=O) groups excluding carboxylic acids is 1. The van der Waals surface area contributed by atoms with Crippen molar-refractivity contribution in [1.29, 1.82) is 0 Å². The summed E-state index contributed by atoms with van der Waals surface area (Å²) in [6.45, 7) is 6.07. The molecule has 1 N–H and O–H groups in total. The molecule has 2 aromatic rings. The fourth-order valence-corrected chi connectivity index (χ4v) is 3.76. The molecule has 1 unspecified atom stereocenters. The number of hydrogen-bond donors (Lipinski definition) is 1. The minimum absolute atomic E-state index is 0.0491. The van der Waals surface area contributed by atoms with Gasteiger partial charge in [-0.1, -0.05) is 36.4 Å². The van der Waals surface area contributed by atoms with Crippen molar-refractivity contribution in [2.45, 2.75) is 6.04 Å². The van der Waals surface area contributed by atoms with Crippen molar-refractivity contribution >= 4 is 12.0 Å². The van der Waals surface area contributed by atoms with Crippen molar-refractivity contribution in [3.05, 3.63) is 65.7 Å². The average molecular weight is 408 g/mol. The molecule has 0 spiro atoms. The van der Waals surface area contributed by atoms with E-state index in [1.807, 2.05) is 42.5 Å². The van der Waals surface area contributed by atoms with Gasteiger partial charge in [0.1, 0.15) is 13.2 Å². The van der Waals surface area contributed by atoms with Crippen LogP contribution in [0.2, 0.25) is 0 Å². The maximum Gasteiger partial charge on any atom is 0.244 e. The first kappa shape index (κ1) is 20.4. The molecule has 2 aromatic carbocycles. The second kappa shape index (κ2) is 9.78. The van der Waals surface area contributed by atoms with Gasteiger partial charge >= 0.3 is 0 Å². The normalized spacial score (nSPS) is 18.3. The van der Waals surface area contributed by atoms with Gasteiger partial charge in [-0.05, 0) is 36.4 Å². The van der Waals surface area contributed by atoms with E-state index in [-0.39, 0.29) is 11.9 Å². The smallest absolute Gasteiger partial charge is 0.244 e. The first-order chi connectivity index (χ1) is 14.7. The van der Waals surface area contributed by atoms with E-state index in [1.165, 1.54) is 0 Å². The quantitative estimate of drug-likeness (QED) is 0.746. The summed E-state index contributed by atoms with van der Waals surface area (Å²) in [6.07, 6.45) is 3.40. The topological polar surface area (TPSA) is 54.0 Å². The number of piperazine rings is 1. The summed E-state index contributed by atoms with van der Waals surface area (Å²) < 4.78 is 11.2. The molecule has 0 aromatic heterocycles. The van der Waals surface area contributed by atoms with Crippen LogP contribution < -0.4 is 14.8 Å². The number of benzene rings is 2. The molecular formula is C24H29N3O3. The monoisotopic (exact) mass is 407 g/mol. The van der Waals surface area contributed by atoms with E-state index in [4.69, 9.17) is 9.47 Å². The van der Waals surface area contributed by atoms with Crippen LogP contribution in [0.1, 0.15) is 17.2 Å². The summed E-state index contributed by atoms with van der Waals surface area (Å²) in [5, 5.41) is 3.19. The molecule has 2 aliphatic heterocycles. The van der Waals surface area contributed by atoms with Crippen LogP contribution in [-0.2, 0) is 4.79 Å². The molecule has 1 atom stereocenters. The maximum absolute atomic E-state index is 12.7. The van der Waals surface area contributed by atoms with Crippen LogP contribution in [0.25, 0.3) is 6.08 Å². The minimum atomic E-state index is -0.104. The molecular weight excluding hydrogens is 378 g/mol. The Kier molecular flexibility index (Phi) is 6.67. The Morgan fingerprint density at radius 1 is 1.03 bits per heavy atom. The third kappa shape index (κ3) is 5.40. The van der Waals surface area contributed by atoms with Gasteiger partial charge in [0, 0.05) is 38.8 Å². The van der Waals surface area contributed by atoms with Gasteiger partial charge in [-0.15, -0.1) is 0 Å². The molecule has 0 saturated carbocycles. The lowest BCUT2D eigenvalue weighted by atomic mass is 10.1. The molecule has 6 nitrogen and oxygen atoms in total. The third-order valence-corrected chi connectivity index (χ3v) is 5.55.